The third-order valence-corrected chi connectivity index (χ3v) is 5.77. The fraction of sp³-hybridized carbons (Fsp3) is 0.346. The minimum Gasteiger partial charge on any atom is -0.494 e. The number of nitrogens with zero attached hydrogens (tertiary/aromatic N) is 3. The maximum Gasteiger partial charge on any atom is 0.229 e. The van der Waals surface area contributed by atoms with Gasteiger partial charge in [-0.1, -0.05) is 29.8 Å². The number of anilines is 3. The molecule has 0 bridgehead atoms. The highest BCUT2D eigenvalue weighted by atomic mass is 16.5. The van der Waals surface area contributed by atoms with E-state index in [0.29, 0.717) is 25.6 Å². The van der Waals surface area contributed by atoms with Crippen molar-refractivity contribution in [3.63, 3.8) is 0 Å². The van der Waals surface area contributed by atoms with E-state index in [4.69, 9.17) is 4.74 Å². The fourth-order valence-electron chi connectivity index (χ4n) is 3.95. The number of amides is 1. The van der Waals surface area contributed by atoms with Gasteiger partial charge in [0.15, 0.2) is 0 Å². The molecule has 33 heavy (non-hydrogen) atoms. The number of aromatic nitrogens is 2. The molecule has 1 fully saturated rings. The molecule has 3 aromatic rings. The van der Waals surface area contributed by atoms with Crippen LogP contribution in [0.25, 0.3) is 0 Å². The van der Waals surface area contributed by atoms with Crippen molar-refractivity contribution in [2.24, 2.45) is 5.92 Å². The molecule has 4 rings (SSSR count). The molecule has 1 aromatic heterocycles. The number of hydrogen-bond donors (Lipinski definition) is 2. The third kappa shape index (κ3) is 6.22. The van der Waals surface area contributed by atoms with Crippen molar-refractivity contribution in [1.29, 1.82) is 0 Å². The highest BCUT2D eigenvalue weighted by molar-refractivity contribution is 5.79. The zero-order valence-corrected chi connectivity index (χ0v) is 19.3. The molecule has 7 heteroatoms. The van der Waals surface area contributed by atoms with E-state index < -0.39 is 0 Å². The van der Waals surface area contributed by atoms with Crippen molar-refractivity contribution in [3.8, 4) is 5.75 Å². The highest BCUT2D eigenvalue weighted by Gasteiger charge is 2.26. The Morgan fingerprint density at radius 2 is 1.91 bits per heavy atom. The maximum absolute atomic E-state index is 12.8. The summed E-state index contributed by atoms with van der Waals surface area (Å²) in [7, 11) is 0. The maximum atomic E-state index is 12.8. The molecule has 0 aliphatic carbocycles. The van der Waals surface area contributed by atoms with Crippen molar-refractivity contribution >= 4 is 23.4 Å². The number of piperidine rings is 1. The van der Waals surface area contributed by atoms with E-state index in [1.54, 1.807) is 6.20 Å². The van der Waals surface area contributed by atoms with Crippen LogP contribution in [-0.4, -0.2) is 35.6 Å². The van der Waals surface area contributed by atoms with Gasteiger partial charge in [-0.15, -0.1) is 0 Å². The summed E-state index contributed by atoms with van der Waals surface area (Å²) in [6.45, 7) is 6.74. The van der Waals surface area contributed by atoms with Crippen molar-refractivity contribution < 1.29 is 9.53 Å². The van der Waals surface area contributed by atoms with Gasteiger partial charge in [0.2, 0.25) is 11.9 Å². The van der Waals surface area contributed by atoms with Crippen molar-refractivity contribution in [2.75, 3.05) is 29.9 Å². The Morgan fingerprint density at radius 3 is 2.67 bits per heavy atom. The number of hydrogen-bond acceptors (Lipinski definition) is 6. The summed E-state index contributed by atoms with van der Waals surface area (Å²) in [5.74, 6) is 2.23. The summed E-state index contributed by atoms with van der Waals surface area (Å²) in [5.41, 5.74) is 3.22. The first kappa shape index (κ1) is 22.6. The van der Waals surface area contributed by atoms with Crippen LogP contribution in [0.2, 0.25) is 0 Å². The first-order valence-corrected chi connectivity index (χ1v) is 11.5. The first-order chi connectivity index (χ1) is 16.1. The molecule has 1 saturated heterocycles. The van der Waals surface area contributed by atoms with Gasteiger partial charge in [0.1, 0.15) is 11.6 Å². The average molecular weight is 446 g/mol. The molecular formula is C26H31N5O2. The summed E-state index contributed by atoms with van der Waals surface area (Å²) >= 11 is 0. The van der Waals surface area contributed by atoms with Gasteiger partial charge in [-0.3, -0.25) is 4.79 Å². The smallest absolute Gasteiger partial charge is 0.229 e. The van der Waals surface area contributed by atoms with Gasteiger partial charge in [0.25, 0.3) is 0 Å². The molecule has 2 heterocycles. The number of ether oxygens (including phenoxy) is 1. The molecule has 0 saturated carbocycles. The predicted octanol–water partition coefficient (Wildman–Crippen LogP) is 4.46. The lowest BCUT2D eigenvalue weighted by Gasteiger charge is -2.33. The summed E-state index contributed by atoms with van der Waals surface area (Å²) in [6, 6.07) is 17.9. The molecule has 2 N–H and O–H groups in total. The van der Waals surface area contributed by atoms with E-state index in [1.165, 1.54) is 5.56 Å². The summed E-state index contributed by atoms with van der Waals surface area (Å²) in [6.07, 6.45) is 3.59. The van der Waals surface area contributed by atoms with Gasteiger partial charge in [-0.05, 0) is 62.6 Å². The monoisotopic (exact) mass is 445 g/mol. The Labute approximate surface area is 195 Å². The molecule has 0 unspecified atom stereocenters. The van der Waals surface area contributed by atoms with Crippen LogP contribution in [0, 0.1) is 12.8 Å². The number of rotatable bonds is 8. The van der Waals surface area contributed by atoms with Crippen LogP contribution in [0.3, 0.4) is 0 Å². The number of carbonyl (C=O) groups is 1. The van der Waals surface area contributed by atoms with E-state index >= 15 is 0 Å². The van der Waals surface area contributed by atoms with Crippen LogP contribution in [0.15, 0.2) is 60.8 Å². The topological polar surface area (TPSA) is 79.4 Å². The Kier molecular flexibility index (Phi) is 7.40. The van der Waals surface area contributed by atoms with Gasteiger partial charge in [0.05, 0.1) is 12.5 Å². The number of carbonyl (C=O) groups excluding carboxylic acids is 1. The number of benzene rings is 2. The van der Waals surface area contributed by atoms with Crippen LogP contribution in [0.1, 0.15) is 30.9 Å². The second kappa shape index (κ2) is 10.8. The summed E-state index contributed by atoms with van der Waals surface area (Å²) in [4.78, 5) is 24.0. The van der Waals surface area contributed by atoms with Crippen molar-refractivity contribution in [3.05, 3.63) is 71.9 Å². The van der Waals surface area contributed by atoms with E-state index in [2.05, 4.69) is 56.7 Å². The summed E-state index contributed by atoms with van der Waals surface area (Å²) < 4.78 is 5.49. The lowest BCUT2D eigenvalue weighted by atomic mass is 9.97. The Hall–Kier alpha value is -3.61. The number of nitrogens with one attached hydrogen (secondary N) is 2. The third-order valence-electron chi connectivity index (χ3n) is 5.77. The molecule has 1 amide bonds. The highest BCUT2D eigenvalue weighted by Crippen LogP contribution is 2.24. The Bertz CT molecular complexity index is 1050. The predicted molar refractivity (Wildman–Crippen MR) is 131 cm³/mol. The molecule has 1 aliphatic rings. The van der Waals surface area contributed by atoms with Gasteiger partial charge in [-0.2, -0.15) is 4.98 Å². The van der Waals surface area contributed by atoms with Crippen LogP contribution >= 0.6 is 0 Å². The zero-order valence-electron chi connectivity index (χ0n) is 19.3. The van der Waals surface area contributed by atoms with Crippen LogP contribution < -0.4 is 20.3 Å². The zero-order chi connectivity index (χ0) is 23.0. The average Bonchev–Trinajstić information content (AvgIpc) is 2.85. The molecule has 1 atom stereocenters. The molecular weight excluding hydrogens is 414 g/mol. The quantitative estimate of drug-likeness (QED) is 0.533. The van der Waals surface area contributed by atoms with Crippen LogP contribution in [0.5, 0.6) is 5.75 Å². The minimum atomic E-state index is -0.0540. The normalized spacial score (nSPS) is 15.7. The van der Waals surface area contributed by atoms with Gasteiger partial charge >= 0.3 is 0 Å². The summed E-state index contributed by atoms with van der Waals surface area (Å²) in [5, 5.41) is 6.34. The Morgan fingerprint density at radius 1 is 1.12 bits per heavy atom. The van der Waals surface area contributed by atoms with E-state index in [9.17, 15) is 4.79 Å². The molecule has 7 nitrogen and oxygen atoms in total. The molecule has 172 valence electrons. The van der Waals surface area contributed by atoms with Crippen LogP contribution in [0.4, 0.5) is 17.5 Å². The van der Waals surface area contributed by atoms with E-state index in [1.807, 2.05) is 37.3 Å². The molecule has 1 aliphatic heterocycles. The molecule has 2 aromatic carbocycles. The SMILES string of the molecule is CCOc1ccc(Nc2nccc(N3CCC[C@H](C(=O)NCc4ccc(C)cc4)C3)n2)cc1. The van der Waals surface area contributed by atoms with Crippen LogP contribution in [-0.2, 0) is 11.3 Å². The molecule has 0 spiro atoms. The van der Waals surface area contributed by atoms with E-state index in [-0.39, 0.29) is 11.8 Å². The van der Waals surface area contributed by atoms with Crippen molar-refractivity contribution in [2.45, 2.75) is 33.2 Å². The minimum absolute atomic E-state index is 0.0540. The fourth-order valence-corrected chi connectivity index (χ4v) is 3.95. The van der Waals surface area contributed by atoms with Gasteiger partial charge < -0.3 is 20.3 Å². The number of aryl methyl sites for hydroxylation is 1. The second-order valence-electron chi connectivity index (χ2n) is 8.31. The Balaban J connectivity index is 1.35. The van der Waals surface area contributed by atoms with Gasteiger partial charge in [0, 0.05) is 31.5 Å². The largest absolute Gasteiger partial charge is 0.494 e. The lowest BCUT2D eigenvalue weighted by molar-refractivity contribution is -0.125. The standard InChI is InChI=1S/C26H31N5O2/c1-3-33-23-12-10-22(11-13-23)29-26-27-15-14-24(30-26)31-16-4-5-21(18-31)25(32)28-17-20-8-6-19(2)7-9-20/h6-15,21H,3-5,16-18H2,1-2H3,(H,28,32)(H,27,29,30)/t21-/m0/s1. The molecule has 0 radical (unpaired) electrons. The van der Waals surface area contributed by atoms with Gasteiger partial charge in [-0.25, -0.2) is 4.98 Å². The first-order valence-electron chi connectivity index (χ1n) is 11.5. The van der Waals surface area contributed by atoms with E-state index in [0.717, 1.165) is 42.2 Å². The van der Waals surface area contributed by atoms with Crippen molar-refractivity contribution in [1.82, 2.24) is 15.3 Å². The lowest BCUT2D eigenvalue weighted by Crippen LogP contribution is -2.43. The second-order valence-corrected chi connectivity index (χ2v) is 8.31.